The molecule has 3 heteroatoms. The average Bonchev–Trinajstić information content (AvgIpc) is 2.83. The van der Waals surface area contributed by atoms with Gasteiger partial charge >= 0.3 is 0 Å². The summed E-state index contributed by atoms with van der Waals surface area (Å²) in [7, 11) is 0. The van der Waals surface area contributed by atoms with Gasteiger partial charge < -0.3 is 0 Å². The minimum atomic E-state index is 0.199. The van der Waals surface area contributed by atoms with Crippen molar-refractivity contribution in [3.8, 4) is 11.3 Å². The molecule has 0 amide bonds. The fourth-order valence-electron chi connectivity index (χ4n) is 1.90. The minimum absolute atomic E-state index is 0.199. The van der Waals surface area contributed by atoms with Crippen molar-refractivity contribution in [2.75, 3.05) is 0 Å². The first-order valence-electron chi connectivity index (χ1n) is 5.01. The first kappa shape index (κ1) is 8.41. The van der Waals surface area contributed by atoms with Crippen molar-refractivity contribution in [3.05, 3.63) is 42.1 Å². The van der Waals surface area contributed by atoms with Gasteiger partial charge in [0.1, 0.15) is 5.69 Å². The van der Waals surface area contributed by atoms with Crippen LogP contribution in [0.3, 0.4) is 0 Å². The molecule has 1 aromatic carbocycles. The van der Waals surface area contributed by atoms with Gasteiger partial charge in [-0.1, -0.05) is 30.3 Å². The van der Waals surface area contributed by atoms with E-state index >= 15 is 0 Å². The van der Waals surface area contributed by atoms with Gasteiger partial charge in [0.25, 0.3) is 0 Å². The number of hydrogen-bond acceptors (Lipinski definition) is 2. The Morgan fingerprint density at radius 2 is 2.00 bits per heavy atom. The van der Waals surface area contributed by atoms with Gasteiger partial charge in [0.05, 0.1) is 5.69 Å². The Bertz CT molecular complexity index is 514. The zero-order valence-electron chi connectivity index (χ0n) is 8.18. The summed E-state index contributed by atoms with van der Waals surface area (Å²) in [5, 5.41) is 4.41. The molecule has 1 aliphatic heterocycles. The van der Waals surface area contributed by atoms with Crippen molar-refractivity contribution < 1.29 is 4.79 Å². The smallest absolute Gasteiger partial charge is 0.182 e. The normalized spacial score (nSPS) is 14.3. The summed E-state index contributed by atoms with van der Waals surface area (Å²) in [5.74, 6) is 0.199. The number of carbonyl (C=O) groups is 1. The quantitative estimate of drug-likeness (QED) is 0.703. The van der Waals surface area contributed by atoms with Crippen LogP contribution < -0.4 is 0 Å². The van der Waals surface area contributed by atoms with Crippen LogP contribution in [0.25, 0.3) is 11.3 Å². The summed E-state index contributed by atoms with van der Waals surface area (Å²) in [6.45, 7) is 0.723. The molecule has 0 fully saturated rings. The van der Waals surface area contributed by atoms with Gasteiger partial charge in [0.2, 0.25) is 0 Å². The van der Waals surface area contributed by atoms with Crippen molar-refractivity contribution in [3.63, 3.8) is 0 Å². The second kappa shape index (κ2) is 3.05. The van der Waals surface area contributed by atoms with Crippen LogP contribution in [0.15, 0.2) is 36.4 Å². The summed E-state index contributed by atoms with van der Waals surface area (Å²) in [5.41, 5.74) is 2.69. The minimum Gasteiger partial charge on any atom is -0.292 e. The molecular formula is C12H10N2O. The molecule has 3 nitrogen and oxygen atoms in total. The molecule has 74 valence electrons. The molecule has 2 aromatic rings. The topological polar surface area (TPSA) is 34.9 Å². The third-order valence-electron chi connectivity index (χ3n) is 2.69. The van der Waals surface area contributed by atoms with Crippen molar-refractivity contribution in [2.45, 2.75) is 13.0 Å². The molecule has 0 bridgehead atoms. The molecule has 15 heavy (non-hydrogen) atoms. The monoisotopic (exact) mass is 198 g/mol. The number of aryl methyl sites for hydroxylation is 1. The van der Waals surface area contributed by atoms with Gasteiger partial charge in [-0.25, -0.2) is 0 Å². The van der Waals surface area contributed by atoms with E-state index in [2.05, 4.69) is 5.10 Å². The zero-order valence-corrected chi connectivity index (χ0v) is 8.18. The van der Waals surface area contributed by atoms with Gasteiger partial charge in [0.15, 0.2) is 5.78 Å². The van der Waals surface area contributed by atoms with E-state index in [9.17, 15) is 4.79 Å². The molecule has 0 saturated heterocycles. The summed E-state index contributed by atoms with van der Waals surface area (Å²) in [6.07, 6.45) is 0.595. The summed E-state index contributed by atoms with van der Waals surface area (Å²) in [6, 6.07) is 11.8. The fourth-order valence-corrected chi connectivity index (χ4v) is 1.90. The summed E-state index contributed by atoms with van der Waals surface area (Å²) < 4.78 is 1.80. The van der Waals surface area contributed by atoms with Gasteiger partial charge in [-0.2, -0.15) is 5.10 Å². The van der Waals surface area contributed by atoms with Gasteiger partial charge in [-0.15, -0.1) is 0 Å². The molecule has 2 heterocycles. The highest BCUT2D eigenvalue weighted by Crippen LogP contribution is 2.22. The molecule has 1 aliphatic rings. The first-order chi connectivity index (χ1) is 7.34. The Kier molecular flexibility index (Phi) is 1.71. The van der Waals surface area contributed by atoms with E-state index in [-0.39, 0.29) is 5.78 Å². The third kappa shape index (κ3) is 1.28. The average molecular weight is 198 g/mol. The molecule has 0 radical (unpaired) electrons. The number of benzene rings is 1. The highest BCUT2D eigenvalue weighted by molar-refractivity contribution is 5.97. The Hall–Kier alpha value is -1.90. The number of aromatic nitrogens is 2. The number of hydrogen-bond donors (Lipinski definition) is 0. The zero-order chi connectivity index (χ0) is 10.3. The van der Waals surface area contributed by atoms with Crippen LogP contribution in [0, 0.1) is 0 Å². The maximum Gasteiger partial charge on any atom is 0.182 e. The summed E-state index contributed by atoms with van der Waals surface area (Å²) in [4.78, 5) is 11.4. The van der Waals surface area contributed by atoms with E-state index in [1.165, 1.54) is 0 Å². The number of carbonyl (C=O) groups excluding carboxylic acids is 1. The van der Waals surface area contributed by atoms with Crippen molar-refractivity contribution >= 4 is 5.78 Å². The van der Waals surface area contributed by atoms with Gasteiger partial charge in [-0.05, 0) is 6.07 Å². The molecule has 0 saturated carbocycles. The predicted octanol–water partition coefficient (Wildman–Crippen LogP) is 2.14. The number of fused-ring (bicyclic) bond motifs is 1. The van der Waals surface area contributed by atoms with E-state index in [1.807, 2.05) is 36.4 Å². The first-order valence-corrected chi connectivity index (χ1v) is 5.01. The van der Waals surface area contributed by atoms with E-state index < -0.39 is 0 Å². The van der Waals surface area contributed by atoms with E-state index in [0.717, 1.165) is 23.5 Å². The molecule has 0 aliphatic carbocycles. The Balaban J connectivity index is 2.09. The van der Waals surface area contributed by atoms with E-state index in [1.54, 1.807) is 4.68 Å². The lowest BCUT2D eigenvalue weighted by Gasteiger charge is -1.95. The fraction of sp³-hybridized carbons (Fsp3) is 0.167. The second-order valence-electron chi connectivity index (χ2n) is 3.68. The maximum absolute atomic E-state index is 11.4. The third-order valence-corrected chi connectivity index (χ3v) is 2.69. The molecule has 0 atom stereocenters. The van der Waals surface area contributed by atoms with Crippen LogP contribution >= 0.6 is 0 Å². The molecule has 0 unspecified atom stereocenters. The highest BCUT2D eigenvalue weighted by Gasteiger charge is 2.21. The lowest BCUT2D eigenvalue weighted by molar-refractivity contribution is 0.0994. The SMILES string of the molecule is O=C1CCn2nc(-c3ccccc3)cc21. The van der Waals surface area contributed by atoms with Crippen LogP contribution in [-0.4, -0.2) is 15.6 Å². The Labute approximate surface area is 87.3 Å². The van der Waals surface area contributed by atoms with Crippen molar-refractivity contribution in [2.24, 2.45) is 0 Å². The molecule has 0 spiro atoms. The van der Waals surface area contributed by atoms with E-state index in [0.29, 0.717) is 6.42 Å². The maximum atomic E-state index is 11.4. The largest absolute Gasteiger partial charge is 0.292 e. The highest BCUT2D eigenvalue weighted by atomic mass is 16.1. The van der Waals surface area contributed by atoms with Gasteiger partial charge in [0, 0.05) is 18.5 Å². The molecular weight excluding hydrogens is 188 g/mol. The second-order valence-corrected chi connectivity index (χ2v) is 3.68. The van der Waals surface area contributed by atoms with Crippen molar-refractivity contribution in [1.29, 1.82) is 0 Å². The number of Topliss-reactive ketones (excluding diaryl/α,β-unsaturated/α-hetero) is 1. The number of nitrogens with zero attached hydrogens (tertiary/aromatic N) is 2. The standard InChI is InChI=1S/C12H10N2O/c15-12-6-7-14-11(12)8-10(13-14)9-4-2-1-3-5-9/h1-5,8H,6-7H2. The van der Waals surface area contributed by atoms with E-state index in [4.69, 9.17) is 0 Å². The molecule has 3 rings (SSSR count). The van der Waals surface area contributed by atoms with Gasteiger partial charge in [-0.3, -0.25) is 9.48 Å². The molecule has 1 aromatic heterocycles. The Morgan fingerprint density at radius 3 is 2.73 bits per heavy atom. The van der Waals surface area contributed by atoms with Crippen LogP contribution in [0.1, 0.15) is 16.9 Å². The van der Waals surface area contributed by atoms with Crippen LogP contribution in [0.4, 0.5) is 0 Å². The molecule has 0 N–H and O–H groups in total. The van der Waals surface area contributed by atoms with Crippen LogP contribution in [0.5, 0.6) is 0 Å². The van der Waals surface area contributed by atoms with Crippen molar-refractivity contribution in [1.82, 2.24) is 9.78 Å². The van der Waals surface area contributed by atoms with Crippen LogP contribution in [-0.2, 0) is 6.54 Å². The van der Waals surface area contributed by atoms with Crippen LogP contribution in [0.2, 0.25) is 0 Å². The number of ketones is 1. The summed E-state index contributed by atoms with van der Waals surface area (Å²) >= 11 is 0. The predicted molar refractivity (Wildman–Crippen MR) is 56.6 cm³/mol. The Morgan fingerprint density at radius 1 is 1.20 bits per heavy atom. The lowest BCUT2D eigenvalue weighted by Crippen LogP contribution is -1.94. The number of rotatable bonds is 1. The lowest BCUT2D eigenvalue weighted by atomic mass is 10.1.